The molecule has 1 aliphatic rings. The standard InChI is InChI=1S/C19H20ClNO6S/c20-14-1-3-16(4-2-14)27-17-5-7-19(8-6-17)28(24,25)12-18-11-15(9-10-26-18)21(23)13-22/h1-8,13,15,18,23H,9-12H2. The Morgan fingerprint density at radius 3 is 2.36 bits per heavy atom. The van der Waals surface area contributed by atoms with E-state index in [1.165, 1.54) is 12.1 Å². The Kier molecular flexibility index (Phi) is 6.56. The largest absolute Gasteiger partial charge is 0.457 e. The second-order valence-electron chi connectivity index (χ2n) is 6.47. The molecular formula is C19H20ClNO6S. The highest BCUT2D eigenvalue weighted by Gasteiger charge is 2.30. The Morgan fingerprint density at radius 1 is 1.14 bits per heavy atom. The molecule has 2 aromatic carbocycles. The molecule has 1 saturated heterocycles. The van der Waals surface area contributed by atoms with Crippen LogP contribution in [-0.4, -0.2) is 49.6 Å². The lowest BCUT2D eigenvalue weighted by atomic mass is 10.0. The number of sulfone groups is 1. The van der Waals surface area contributed by atoms with Crippen molar-refractivity contribution in [2.75, 3.05) is 12.4 Å². The quantitative estimate of drug-likeness (QED) is 0.415. The van der Waals surface area contributed by atoms with Crippen LogP contribution in [0.25, 0.3) is 0 Å². The highest BCUT2D eigenvalue weighted by molar-refractivity contribution is 7.91. The van der Waals surface area contributed by atoms with Crippen LogP contribution >= 0.6 is 11.6 Å². The molecule has 3 rings (SSSR count). The minimum atomic E-state index is -3.60. The van der Waals surface area contributed by atoms with Crippen molar-refractivity contribution in [3.63, 3.8) is 0 Å². The first-order valence-corrected chi connectivity index (χ1v) is 10.7. The van der Waals surface area contributed by atoms with Crippen molar-refractivity contribution in [1.29, 1.82) is 0 Å². The van der Waals surface area contributed by atoms with Crippen LogP contribution in [0.1, 0.15) is 12.8 Å². The van der Waals surface area contributed by atoms with Gasteiger partial charge in [-0.05, 0) is 61.4 Å². The number of amides is 1. The molecule has 0 spiro atoms. The van der Waals surface area contributed by atoms with Gasteiger partial charge >= 0.3 is 0 Å². The van der Waals surface area contributed by atoms with Crippen molar-refractivity contribution >= 4 is 27.8 Å². The highest BCUT2D eigenvalue weighted by atomic mass is 35.5. The lowest BCUT2D eigenvalue weighted by molar-refractivity contribution is -0.171. The molecule has 2 unspecified atom stereocenters. The molecule has 0 radical (unpaired) electrons. The van der Waals surface area contributed by atoms with Gasteiger partial charge in [0.25, 0.3) is 0 Å². The van der Waals surface area contributed by atoms with Gasteiger partial charge in [0.2, 0.25) is 6.41 Å². The molecule has 0 saturated carbocycles. The topological polar surface area (TPSA) is 93.1 Å². The summed E-state index contributed by atoms with van der Waals surface area (Å²) in [5.74, 6) is 0.857. The second kappa shape index (κ2) is 8.91. The fourth-order valence-corrected chi connectivity index (χ4v) is 4.59. The minimum Gasteiger partial charge on any atom is -0.457 e. The van der Waals surface area contributed by atoms with E-state index in [2.05, 4.69) is 0 Å². The molecule has 1 amide bonds. The molecule has 2 atom stereocenters. The lowest BCUT2D eigenvalue weighted by Crippen LogP contribution is -2.42. The minimum absolute atomic E-state index is 0.151. The van der Waals surface area contributed by atoms with Gasteiger partial charge in [-0.3, -0.25) is 10.0 Å². The van der Waals surface area contributed by atoms with Crippen molar-refractivity contribution in [2.24, 2.45) is 0 Å². The molecule has 1 aliphatic heterocycles. The van der Waals surface area contributed by atoms with Crippen LogP contribution < -0.4 is 4.74 Å². The molecule has 0 aliphatic carbocycles. The third kappa shape index (κ3) is 5.23. The summed E-state index contributed by atoms with van der Waals surface area (Å²) < 4.78 is 36.5. The average molecular weight is 426 g/mol. The van der Waals surface area contributed by atoms with E-state index in [-0.39, 0.29) is 23.7 Å². The van der Waals surface area contributed by atoms with E-state index in [1.807, 2.05) is 0 Å². The van der Waals surface area contributed by atoms with E-state index in [9.17, 15) is 18.4 Å². The highest BCUT2D eigenvalue weighted by Crippen LogP contribution is 2.26. The Hall–Kier alpha value is -2.13. The van der Waals surface area contributed by atoms with Gasteiger partial charge in [0.15, 0.2) is 9.84 Å². The Bertz CT molecular complexity index is 901. The first-order chi connectivity index (χ1) is 13.4. The number of hydrogen-bond acceptors (Lipinski definition) is 6. The molecule has 9 heteroatoms. The summed E-state index contributed by atoms with van der Waals surface area (Å²) in [6.45, 7) is 0.281. The van der Waals surface area contributed by atoms with Crippen LogP contribution in [-0.2, 0) is 19.4 Å². The van der Waals surface area contributed by atoms with Crippen LogP contribution in [0.4, 0.5) is 0 Å². The van der Waals surface area contributed by atoms with Crippen LogP contribution in [0, 0.1) is 0 Å². The number of hydroxylamine groups is 2. The number of ether oxygens (including phenoxy) is 2. The summed E-state index contributed by atoms with van der Waals surface area (Å²) in [4.78, 5) is 10.8. The number of benzene rings is 2. The van der Waals surface area contributed by atoms with Gasteiger partial charge < -0.3 is 9.47 Å². The van der Waals surface area contributed by atoms with Crippen molar-refractivity contribution < 1.29 is 27.9 Å². The molecule has 1 heterocycles. The summed E-state index contributed by atoms with van der Waals surface area (Å²) in [6.07, 6.45) is 0.443. The zero-order valence-corrected chi connectivity index (χ0v) is 16.5. The smallest absolute Gasteiger partial charge is 0.233 e. The third-order valence-corrected chi connectivity index (χ3v) is 6.51. The van der Waals surface area contributed by atoms with Gasteiger partial charge in [-0.2, -0.15) is 0 Å². The van der Waals surface area contributed by atoms with Crippen LogP contribution in [0.2, 0.25) is 5.02 Å². The van der Waals surface area contributed by atoms with Gasteiger partial charge in [0.05, 0.1) is 22.8 Å². The van der Waals surface area contributed by atoms with Crippen molar-refractivity contribution in [3.8, 4) is 11.5 Å². The van der Waals surface area contributed by atoms with Crippen LogP contribution in [0.5, 0.6) is 11.5 Å². The molecule has 1 N–H and O–H groups in total. The number of rotatable bonds is 7. The fraction of sp³-hybridized carbons (Fsp3) is 0.316. The van der Waals surface area contributed by atoms with Crippen molar-refractivity contribution in [1.82, 2.24) is 5.06 Å². The SMILES string of the molecule is O=CN(O)C1CCOC(CS(=O)(=O)c2ccc(Oc3ccc(Cl)cc3)cc2)C1. The van der Waals surface area contributed by atoms with Gasteiger partial charge in [0, 0.05) is 11.6 Å². The number of carbonyl (C=O) groups is 1. The predicted molar refractivity (Wildman–Crippen MR) is 102 cm³/mol. The van der Waals surface area contributed by atoms with E-state index < -0.39 is 22.0 Å². The van der Waals surface area contributed by atoms with Crippen molar-refractivity contribution in [2.45, 2.75) is 29.9 Å². The Balaban J connectivity index is 1.65. The molecule has 0 bridgehead atoms. The molecule has 28 heavy (non-hydrogen) atoms. The second-order valence-corrected chi connectivity index (χ2v) is 8.94. The molecule has 1 fully saturated rings. The lowest BCUT2D eigenvalue weighted by Gasteiger charge is -2.31. The molecule has 150 valence electrons. The molecule has 7 nitrogen and oxygen atoms in total. The summed E-state index contributed by atoms with van der Waals surface area (Å²) in [7, 11) is -3.60. The average Bonchev–Trinajstić information content (AvgIpc) is 2.69. The first-order valence-electron chi connectivity index (χ1n) is 8.68. The maximum absolute atomic E-state index is 12.7. The number of carbonyl (C=O) groups excluding carboxylic acids is 1. The van der Waals surface area contributed by atoms with E-state index in [0.29, 0.717) is 34.4 Å². The summed E-state index contributed by atoms with van der Waals surface area (Å²) in [5, 5.41) is 10.7. The van der Waals surface area contributed by atoms with Gasteiger partial charge in [0.1, 0.15) is 11.5 Å². The van der Waals surface area contributed by atoms with Gasteiger partial charge in [-0.1, -0.05) is 11.6 Å². The normalized spacial score (nSPS) is 19.8. The van der Waals surface area contributed by atoms with Gasteiger partial charge in [-0.15, -0.1) is 0 Å². The third-order valence-electron chi connectivity index (χ3n) is 4.46. The van der Waals surface area contributed by atoms with Gasteiger partial charge in [-0.25, -0.2) is 13.5 Å². The maximum atomic E-state index is 12.7. The maximum Gasteiger partial charge on any atom is 0.233 e. The monoisotopic (exact) mass is 425 g/mol. The van der Waals surface area contributed by atoms with E-state index in [0.717, 1.165) is 0 Å². The number of hydrogen-bond donors (Lipinski definition) is 1. The Morgan fingerprint density at radius 2 is 1.75 bits per heavy atom. The summed E-state index contributed by atoms with van der Waals surface area (Å²) in [6, 6.07) is 12.5. The van der Waals surface area contributed by atoms with Crippen molar-refractivity contribution in [3.05, 3.63) is 53.6 Å². The van der Waals surface area contributed by atoms with Crippen LogP contribution in [0.3, 0.4) is 0 Å². The number of halogens is 1. The zero-order chi connectivity index (χ0) is 20.1. The first kappa shape index (κ1) is 20.6. The van der Waals surface area contributed by atoms with E-state index in [1.54, 1.807) is 36.4 Å². The predicted octanol–water partition coefficient (Wildman–Crippen LogP) is 3.30. The van der Waals surface area contributed by atoms with E-state index in [4.69, 9.17) is 21.1 Å². The van der Waals surface area contributed by atoms with E-state index >= 15 is 0 Å². The fourth-order valence-electron chi connectivity index (χ4n) is 3.00. The van der Waals surface area contributed by atoms with Crippen LogP contribution in [0.15, 0.2) is 53.4 Å². The molecular weight excluding hydrogens is 406 g/mol. The summed E-state index contributed by atoms with van der Waals surface area (Å²) >= 11 is 5.83. The zero-order valence-electron chi connectivity index (χ0n) is 14.9. The summed E-state index contributed by atoms with van der Waals surface area (Å²) in [5.41, 5.74) is 0. The molecule has 2 aromatic rings. The Labute approximate surface area is 168 Å². The molecule has 0 aromatic heterocycles. The number of nitrogens with zero attached hydrogens (tertiary/aromatic N) is 1.